The number of hydrogen-bond acceptors (Lipinski definition) is 7. The predicted molar refractivity (Wildman–Crippen MR) is 75.5 cm³/mol. The summed E-state index contributed by atoms with van der Waals surface area (Å²) in [4.78, 5) is 11.4. The summed E-state index contributed by atoms with van der Waals surface area (Å²) >= 11 is 5.22. The molecular weight excluding hydrogens is 282 g/mol. The molecule has 9 heteroatoms. The number of hydrogen-bond donors (Lipinski definition) is 4. The summed E-state index contributed by atoms with van der Waals surface area (Å²) in [6.45, 7) is 1.72. The Morgan fingerprint density at radius 1 is 1.50 bits per heavy atom. The van der Waals surface area contributed by atoms with E-state index in [0.29, 0.717) is 16.8 Å². The van der Waals surface area contributed by atoms with Crippen LogP contribution in [0.4, 0.5) is 5.95 Å². The van der Waals surface area contributed by atoms with Crippen molar-refractivity contribution in [1.29, 1.82) is 0 Å². The molecular formula is C11H17N5O3S. The molecule has 0 bridgehead atoms. The maximum absolute atomic E-state index is 9.23. The summed E-state index contributed by atoms with van der Waals surface area (Å²) < 4.78 is 7.37. The number of nitrogens with two attached hydrogens (primary N) is 1. The molecule has 0 aromatic carbocycles. The summed E-state index contributed by atoms with van der Waals surface area (Å²) in [6, 6.07) is 0. The van der Waals surface area contributed by atoms with Crippen LogP contribution in [0.25, 0.3) is 11.2 Å². The minimum absolute atomic E-state index is 0.00610. The highest BCUT2D eigenvalue weighted by molar-refractivity contribution is 7.71. The van der Waals surface area contributed by atoms with E-state index in [1.165, 1.54) is 0 Å². The maximum atomic E-state index is 9.23. The second-order valence-electron chi connectivity index (χ2n) is 4.28. The van der Waals surface area contributed by atoms with Crippen LogP contribution in [-0.2, 0) is 17.9 Å². The first-order chi connectivity index (χ1) is 9.56. The average molecular weight is 299 g/mol. The van der Waals surface area contributed by atoms with E-state index in [-0.39, 0.29) is 25.9 Å². The van der Waals surface area contributed by atoms with Crippen LogP contribution in [0.2, 0.25) is 0 Å². The summed E-state index contributed by atoms with van der Waals surface area (Å²) in [5, 5.41) is 18.0. The highest BCUT2D eigenvalue weighted by Gasteiger charge is 2.12. The van der Waals surface area contributed by atoms with Gasteiger partial charge in [-0.3, -0.25) is 4.57 Å². The van der Waals surface area contributed by atoms with Gasteiger partial charge in [-0.2, -0.15) is 4.98 Å². The smallest absolute Gasteiger partial charge is 0.222 e. The lowest BCUT2D eigenvalue weighted by atomic mass is 10.3. The Morgan fingerprint density at radius 3 is 2.90 bits per heavy atom. The lowest BCUT2D eigenvalue weighted by Crippen LogP contribution is -2.20. The molecule has 0 saturated carbocycles. The molecule has 2 heterocycles. The molecule has 20 heavy (non-hydrogen) atoms. The normalized spacial score (nSPS) is 12.9. The number of imidazole rings is 1. The molecule has 0 aliphatic carbocycles. The lowest BCUT2D eigenvalue weighted by molar-refractivity contribution is -0.0166. The van der Waals surface area contributed by atoms with Gasteiger partial charge in [0.05, 0.1) is 18.9 Å². The van der Waals surface area contributed by atoms with Crippen molar-refractivity contribution in [3.8, 4) is 0 Å². The van der Waals surface area contributed by atoms with E-state index in [0.717, 1.165) is 11.2 Å². The van der Waals surface area contributed by atoms with Crippen LogP contribution < -0.4 is 5.73 Å². The average Bonchev–Trinajstić information content (AvgIpc) is 2.74. The third-order valence-electron chi connectivity index (χ3n) is 2.79. The molecule has 0 aliphatic rings. The first-order valence-electron chi connectivity index (χ1n) is 6.18. The minimum atomic E-state index is -0.916. The van der Waals surface area contributed by atoms with Gasteiger partial charge in [0.2, 0.25) is 5.95 Å². The summed E-state index contributed by atoms with van der Waals surface area (Å²) in [7, 11) is 0. The lowest BCUT2D eigenvalue weighted by Gasteiger charge is -2.09. The van der Waals surface area contributed by atoms with Gasteiger partial charge in [0, 0.05) is 0 Å². The minimum Gasteiger partial charge on any atom is -0.394 e. The van der Waals surface area contributed by atoms with Crippen LogP contribution in [-0.4, -0.2) is 49.0 Å². The van der Waals surface area contributed by atoms with E-state index in [1.807, 2.05) is 6.92 Å². The van der Waals surface area contributed by atoms with Gasteiger partial charge in [0.25, 0.3) is 0 Å². The zero-order valence-corrected chi connectivity index (χ0v) is 11.9. The highest BCUT2D eigenvalue weighted by Crippen LogP contribution is 2.17. The van der Waals surface area contributed by atoms with Gasteiger partial charge in [0.15, 0.2) is 10.4 Å². The number of ether oxygens (including phenoxy) is 1. The second-order valence-corrected chi connectivity index (χ2v) is 4.66. The molecule has 0 amide bonds. The van der Waals surface area contributed by atoms with E-state index in [4.69, 9.17) is 27.8 Å². The SMILES string of the molecule is CCc1nc(N)nc2c1[nH]c(=S)n2COCC(O)CO. The number of aryl methyl sites for hydroxylation is 1. The van der Waals surface area contributed by atoms with Gasteiger partial charge in [-0.05, 0) is 18.6 Å². The van der Waals surface area contributed by atoms with Gasteiger partial charge in [-0.1, -0.05) is 6.92 Å². The molecule has 0 spiro atoms. The van der Waals surface area contributed by atoms with Crippen LogP contribution in [0, 0.1) is 4.77 Å². The van der Waals surface area contributed by atoms with E-state index in [9.17, 15) is 5.11 Å². The molecule has 5 N–H and O–H groups in total. The summed E-state index contributed by atoms with van der Waals surface area (Å²) in [6.07, 6.45) is -0.219. The Balaban J connectivity index is 2.31. The zero-order valence-electron chi connectivity index (χ0n) is 11.0. The molecule has 8 nitrogen and oxygen atoms in total. The van der Waals surface area contributed by atoms with Crippen LogP contribution >= 0.6 is 12.2 Å². The Morgan fingerprint density at radius 2 is 2.25 bits per heavy atom. The number of aromatic nitrogens is 4. The van der Waals surface area contributed by atoms with Crippen molar-refractivity contribution in [3.05, 3.63) is 10.5 Å². The number of aromatic amines is 1. The highest BCUT2D eigenvalue weighted by atomic mass is 32.1. The van der Waals surface area contributed by atoms with Crippen molar-refractivity contribution < 1.29 is 14.9 Å². The quantitative estimate of drug-likeness (QED) is 0.552. The molecule has 1 unspecified atom stereocenters. The largest absolute Gasteiger partial charge is 0.394 e. The van der Waals surface area contributed by atoms with Gasteiger partial charge in [-0.15, -0.1) is 0 Å². The molecule has 2 aromatic rings. The second kappa shape index (κ2) is 6.27. The van der Waals surface area contributed by atoms with Crippen molar-refractivity contribution in [2.45, 2.75) is 26.2 Å². The van der Waals surface area contributed by atoms with Crippen LogP contribution in [0.1, 0.15) is 12.6 Å². The number of aliphatic hydroxyl groups is 2. The van der Waals surface area contributed by atoms with Crippen LogP contribution in [0.3, 0.4) is 0 Å². The maximum Gasteiger partial charge on any atom is 0.222 e. The molecule has 2 aromatic heterocycles. The molecule has 0 saturated heterocycles. The number of fused-ring (bicyclic) bond motifs is 1. The Bertz CT molecular complexity index is 653. The third kappa shape index (κ3) is 2.96. The summed E-state index contributed by atoms with van der Waals surface area (Å²) in [5.74, 6) is 0.174. The van der Waals surface area contributed by atoms with Crippen LogP contribution in [0.5, 0.6) is 0 Å². The Hall–Kier alpha value is -1.55. The predicted octanol–water partition coefficient (Wildman–Crippen LogP) is -0.0392. The van der Waals surface area contributed by atoms with Crippen molar-refractivity contribution >= 4 is 29.3 Å². The topological polar surface area (TPSA) is 122 Å². The van der Waals surface area contributed by atoms with E-state index >= 15 is 0 Å². The van der Waals surface area contributed by atoms with Crippen molar-refractivity contribution in [3.63, 3.8) is 0 Å². The first kappa shape index (κ1) is 14.9. The number of rotatable bonds is 6. The van der Waals surface area contributed by atoms with E-state index in [1.54, 1.807) is 4.57 Å². The Labute approximate surface area is 120 Å². The van der Waals surface area contributed by atoms with E-state index in [2.05, 4.69) is 15.0 Å². The number of nitrogen functional groups attached to an aromatic ring is 1. The standard InChI is InChI=1S/C11H17N5O3S/c1-2-7-8-9(15-10(12)13-7)16(11(20)14-8)5-19-4-6(18)3-17/h6,17-18H,2-5H2,1H3,(H,14,20)(H2,12,13,15). The Kier molecular flexibility index (Phi) is 4.65. The van der Waals surface area contributed by atoms with Crippen LogP contribution in [0.15, 0.2) is 0 Å². The van der Waals surface area contributed by atoms with Gasteiger partial charge >= 0.3 is 0 Å². The fourth-order valence-corrected chi connectivity index (χ4v) is 2.06. The molecule has 0 fully saturated rings. The van der Waals surface area contributed by atoms with Crippen molar-refractivity contribution in [2.24, 2.45) is 0 Å². The molecule has 0 aliphatic heterocycles. The first-order valence-corrected chi connectivity index (χ1v) is 6.59. The fourth-order valence-electron chi connectivity index (χ4n) is 1.81. The monoisotopic (exact) mass is 299 g/mol. The third-order valence-corrected chi connectivity index (χ3v) is 3.11. The molecule has 0 radical (unpaired) electrons. The number of aliphatic hydroxyl groups excluding tert-OH is 2. The van der Waals surface area contributed by atoms with Crippen molar-refractivity contribution in [1.82, 2.24) is 19.5 Å². The molecule has 2 rings (SSSR count). The van der Waals surface area contributed by atoms with Crippen molar-refractivity contribution in [2.75, 3.05) is 18.9 Å². The molecule has 110 valence electrons. The van der Waals surface area contributed by atoms with Gasteiger partial charge in [-0.25, -0.2) is 4.98 Å². The van der Waals surface area contributed by atoms with E-state index < -0.39 is 6.10 Å². The number of H-pyrrole nitrogens is 1. The number of nitrogens with one attached hydrogen (secondary N) is 1. The number of anilines is 1. The summed E-state index contributed by atoms with van der Waals surface area (Å²) in [5.41, 5.74) is 7.77. The number of nitrogens with zero attached hydrogens (tertiary/aromatic N) is 3. The van der Waals surface area contributed by atoms with Gasteiger partial charge < -0.3 is 25.7 Å². The molecule has 1 atom stereocenters. The van der Waals surface area contributed by atoms with Gasteiger partial charge in [0.1, 0.15) is 18.4 Å². The fraction of sp³-hybridized carbons (Fsp3) is 0.545. The zero-order chi connectivity index (χ0) is 14.7.